The molecule has 1 fully saturated rings. The quantitative estimate of drug-likeness (QED) is 0.679. The van der Waals surface area contributed by atoms with E-state index in [2.05, 4.69) is 16.0 Å². The van der Waals surface area contributed by atoms with Crippen LogP contribution in [0.5, 0.6) is 0 Å². The second-order valence-corrected chi connectivity index (χ2v) is 4.80. The van der Waals surface area contributed by atoms with Crippen LogP contribution in [0.3, 0.4) is 0 Å². The number of hydrogen-bond donors (Lipinski definition) is 3. The second-order valence-electron chi connectivity index (χ2n) is 4.80. The summed E-state index contributed by atoms with van der Waals surface area (Å²) in [6.07, 6.45) is 0. The van der Waals surface area contributed by atoms with E-state index in [1.54, 1.807) is 29.2 Å². The molecule has 1 aliphatic heterocycles. The Hall–Kier alpha value is -2.41. The molecule has 1 aromatic rings. The molecule has 3 N–H and O–H groups in total. The van der Waals surface area contributed by atoms with Gasteiger partial charge in [-0.05, 0) is 31.8 Å². The maximum Gasteiger partial charge on any atom is 0.322 e. The van der Waals surface area contributed by atoms with Gasteiger partial charge in [-0.25, -0.2) is 4.79 Å². The van der Waals surface area contributed by atoms with Crippen LogP contribution in [0.2, 0.25) is 0 Å². The van der Waals surface area contributed by atoms with E-state index in [4.69, 9.17) is 0 Å². The van der Waals surface area contributed by atoms with Crippen molar-refractivity contribution in [3.63, 3.8) is 0 Å². The topological polar surface area (TPSA) is 90.5 Å². The first-order chi connectivity index (χ1) is 9.45. The molecule has 2 rings (SSSR count). The van der Waals surface area contributed by atoms with Crippen LogP contribution in [0.1, 0.15) is 11.6 Å². The number of likely N-dealkylation sites (N-methyl/N-ethyl adjacent to an activating group) is 1. The normalized spacial score (nSPS) is 17.9. The molecule has 106 valence electrons. The maximum atomic E-state index is 11.6. The number of hydrogen-bond acceptors (Lipinski definition) is 4. The number of anilines is 1. The summed E-state index contributed by atoms with van der Waals surface area (Å²) in [6, 6.07) is 5.61. The van der Waals surface area contributed by atoms with Gasteiger partial charge in [0.25, 0.3) is 5.91 Å². The monoisotopic (exact) mass is 276 g/mol. The molecule has 20 heavy (non-hydrogen) atoms. The molecule has 7 heteroatoms. The minimum Gasteiger partial charge on any atom is -0.325 e. The van der Waals surface area contributed by atoms with Crippen molar-refractivity contribution < 1.29 is 14.4 Å². The van der Waals surface area contributed by atoms with Crippen molar-refractivity contribution in [3.05, 3.63) is 29.8 Å². The van der Waals surface area contributed by atoms with Crippen molar-refractivity contribution in [1.29, 1.82) is 0 Å². The lowest BCUT2D eigenvalue weighted by Crippen LogP contribution is -2.27. The van der Waals surface area contributed by atoms with Crippen molar-refractivity contribution >= 4 is 23.5 Å². The fourth-order valence-corrected chi connectivity index (χ4v) is 1.90. The van der Waals surface area contributed by atoms with Crippen molar-refractivity contribution in [1.82, 2.24) is 15.5 Å². The van der Waals surface area contributed by atoms with Crippen LogP contribution in [0.15, 0.2) is 24.3 Å². The van der Waals surface area contributed by atoms with Crippen LogP contribution >= 0.6 is 0 Å². The number of nitrogens with zero attached hydrogens (tertiary/aromatic N) is 1. The molecular formula is C13H16N4O3. The minimum atomic E-state index is -0.672. The molecule has 0 unspecified atom stereocenters. The number of urea groups is 1. The molecule has 1 heterocycles. The summed E-state index contributed by atoms with van der Waals surface area (Å²) in [5.74, 6) is -0.492. The first-order valence-corrected chi connectivity index (χ1v) is 6.11. The molecule has 1 aliphatic rings. The summed E-state index contributed by atoms with van der Waals surface area (Å²) in [6.45, 7) is 0.294. The van der Waals surface area contributed by atoms with Gasteiger partial charge in [0, 0.05) is 5.69 Å². The van der Waals surface area contributed by atoms with Crippen LogP contribution in [-0.4, -0.2) is 43.4 Å². The van der Waals surface area contributed by atoms with Gasteiger partial charge in [0.1, 0.15) is 6.04 Å². The van der Waals surface area contributed by atoms with Crippen LogP contribution in [0, 0.1) is 0 Å². The molecule has 1 saturated heterocycles. The molecule has 0 radical (unpaired) electrons. The lowest BCUT2D eigenvalue weighted by Gasteiger charge is -2.11. The van der Waals surface area contributed by atoms with Gasteiger partial charge in [-0.15, -0.1) is 0 Å². The third-order valence-corrected chi connectivity index (χ3v) is 2.76. The lowest BCUT2D eigenvalue weighted by molar-refractivity contribution is -0.120. The van der Waals surface area contributed by atoms with Crippen molar-refractivity contribution in [3.8, 4) is 0 Å². The fraction of sp³-hybridized carbons (Fsp3) is 0.308. The first-order valence-electron chi connectivity index (χ1n) is 6.11. The number of benzene rings is 1. The van der Waals surface area contributed by atoms with Gasteiger partial charge in [-0.3, -0.25) is 14.9 Å². The van der Waals surface area contributed by atoms with Gasteiger partial charge in [0.15, 0.2) is 0 Å². The number of carbonyl (C=O) groups excluding carboxylic acids is 3. The van der Waals surface area contributed by atoms with Gasteiger partial charge in [0.2, 0.25) is 5.91 Å². The van der Waals surface area contributed by atoms with E-state index in [-0.39, 0.29) is 11.8 Å². The lowest BCUT2D eigenvalue weighted by atomic mass is 10.1. The zero-order chi connectivity index (χ0) is 14.7. The average molecular weight is 276 g/mol. The predicted molar refractivity (Wildman–Crippen MR) is 73.0 cm³/mol. The molecule has 0 bridgehead atoms. The standard InChI is InChI=1S/C13H16N4O3/c1-17(2)7-10(18)14-9-5-3-8(4-6-9)11-12(19)16-13(20)15-11/h3-6,11H,7H2,1-2H3,(H,14,18)(H2,15,16,19,20)/t11-/m1/s1. The summed E-state index contributed by atoms with van der Waals surface area (Å²) >= 11 is 0. The Morgan fingerprint density at radius 1 is 1.25 bits per heavy atom. The number of amides is 4. The van der Waals surface area contributed by atoms with E-state index in [1.807, 2.05) is 14.1 Å². The summed E-state index contributed by atoms with van der Waals surface area (Å²) in [5, 5.41) is 7.42. The van der Waals surface area contributed by atoms with Crippen LogP contribution in [0.4, 0.5) is 10.5 Å². The molecular weight excluding hydrogens is 260 g/mol. The van der Waals surface area contributed by atoms with E-state index < -0.39 is 12.1 Å². The smallest absolute Gasteiger partial charge is 0.322 e. The number of nitrogens with one attached hydrogen (secondary N) is 3. The van der Waals surface area contributed by atoms with Gasteiger partial charge in [0.05, 0.1) is 6.54 Å². The first kappa shape index (κ1) is 14.0. The van der Waals surface area contributed by atoms with Crippen molar-refractivity contribution in [2.75, 3.05) is 26.0 Å². The van der Waals surface area contributed by atoms with Crippen molar-refractivity contribution in [2.24, 2.45) is 0 Å². The third-order valence-electron chi connectivity index (χ3n) is 2.76. The van der Waals surface area contributed by atoms with E-state index in [0.29, 0.717) is 17.8 Å². The zero-order valence-electron chi connectivity index (χ0n) is 11.3. The summed E-state index contributed by atoms with van der Waals surface area (Å²) < 4.78 is 0. The van der Waals surface area contributed by atoms with Gasteiger partial charge in [-0.1, -0.05) is 12.1 Å². The molecule has 7 nitrogen and oxygen atoms in total. The Balaban J connectivity index is 2.01. The third kappa shape index (κ3) is 3.33. The molecule has 0 spiro atoms. The Morgan fingerprint density at radius 3 is 2.40 bits per heavy atom. The summed E-state index contributed by atoms with van der Waals surface area (Å²) in [7, 11) is 3.62. The fourth-order valence-electron chi connectivity index (χ4n) is 1.90. The maximum absolute atomic E-state index is 11.6. The Labute approximate surface area is 116 Å². The van der Waals surface area contributed by atoms with E-state index in [9.17, 15) is 14.4 Å². The number of imide groups is 1. The molecule has 0 saturated carbocycles. The zero-order valence-corrected chi connectivity index (χ0v) is 11.3. The van der Waals surface area contributed by atoms with Gasteiger partial charge < -0.3 is 15.5 Å². The van der Waals surface area contributed by atoms with E-state index in [1.165, 1.54) is 0 Å². The Morgan fingerprint density at radius 2 is 1.90 bits per heavy atom. The van der Waals surface area contributed by atoms with Crippen LogP contribution in [0.25, 0.3) is 0 Å². The largest absolute Gasteiger partial charge is 0.325 e. The number of carbonyl (C=O) groups is 3. The van der Waals surface area contributed by atoms with Crippen LogP contribution < -0.4 is 16.0 Å². The Kier molecular flexibility index (Phi) is 3.99. The molecule has 0 aromatic heterocycles. The summed E-state index contributed by atoms with van der Waals surface area (Å²) in [5.41, 5.74) is 1.31. The summed E-state index contributed by atoms with van der Waals surface area (Å²) in [4.78, 5) is 35.9. The highest BCUT2D eigenvalue weighted by Gasteiger charge is 2.30. The highest BCUT2D eigenvalue weighted by atomic mass is 16.2. The highest BCUT2D eigenvalue weighted by Crippen LogP contribution is 2.19. The predicted octanol–water partition coefficient (Wildman–Crippen LogP) is 0.0672. The van der Waals surface area contributed by atoms with Crippen molar-refractivity contribution in [2.45, 2.75) is 6.04 Å². The van der Waals surface area contributed by atoms with Gasteiger partial charge in [-0.2, -0.15) is 0 Å². The molecule has 1 atom stereocenters. The molecule has 1 aromatic carbocycles. The highest BCUT2D eigenvalue weighted by molar-refractivity contribution is 6.04. The van der Waals surface area contributed by atoms with Gasteiger partial charge >= 0.3 is 6.03 Å². The minimum absolute atomic E-state index is 0.116. The van der Waals surface area contributed by atoms with Crippen LogP contribution in [-0.2, 0) is 9.59 Å². The molecule has 0 aliphatic carbocycles. The molecule has 4 amide bonds. The Bertz CT molecular complexity index is 539. The number of rotatable bonds is 4. The second kappa shape index (κ2) is 5.70. The SMILES string of the molecule is CN(C)CC(=O)Nc1ccc([C@H]2NC(=O)NC2=O)cc1. The van der Waals surface area contributed by atoms with E-state index >= 15 is 0 Å². The average Bonchev–Trinajstić information content (AvgIpc) is 2.68. The van der Waals surface area contributed by atoms with E-state index in [0.717, 1.165) is 0 Å².